The molecule has 1 aromatic carbocycles. The van der Waals surface area contributed by atoms with E-state index in [0.717, 1.165) is 0 Å². The summed E-state index contributed by atoms with van der Waals surface area (Å²) in [6, 6.07) is 4.89. The predicted molar refractivity (Wildman–Crippen MR) is 68.2 cm³/mol. The van der Waals surface area contributed by atoms with Gasteiger partial charge in [-0.25, -0.2) is 9.78 Å². The Hall–Kier alpha value is -1.59. The second-order valence-corrected chi connectivity index (χ2v) is 4.45. The predicted octanol–water partition coefficient (Wildman–Crippen LogP) is 3.33. The molecule has 4 nitrogen and oxygen atoms in total. The zero-order valence-electron chi connectivity index (χ0n) is 8.94. The molecule has 0 atom stereocenters. The Bertz CT molecular complexity index is 528. The summed E-state index contributed by atoms with van der Waals surface area (Å²) in [4.78, 5) is 15.5. The van der Waals surface area contributed by atoms with Gasteiger partial charge >= 0.3 is 5.97 Å². The van der Waals surface area contributed by atoms with E-state index in [1.54, 1.807) is 24.4 Å². The van der Waals surface area contributed by atoms with Crippen LogP contribution in [0.25, 0.3) is 0 Å². The average Bonchev–Trinajstić information content (AvgIpc) is 2.84. The summed E-state index contributed by atoms with van der Waals surface area (Å²) in [6.45, 7) is 0. The van der Waals surface area contributed by atoms with E-state index in [1.807, 2.05) is 5.38 Å². The minimum absolute atomic E-state index is 0.399. The molecule has 0 aliphatic heterocycles. The lowest BCUT2D eigenvalue weighted by Crippen LogP contribution is -2.02. The average molecular weight is 269 g/mol. The minimum atomic E-state index is -0.399. The molecular weight excluding hydrogens is 260 g/mol. The minimum Gasteiger partial charge on any atom is -0.465 e. The molecule has 0 aliphatic carbocycles. The third kappa shape index (κ3) is 2.75. The number of carbonyl (C=O) groups is 1. The van der Waals surface area contributed by atoms with Crippen molar-refractivity contribution in [1.29, 1.82) is 0 Å². The number of carbonyl (C=O) groups excluding carboxylic acids is 1. The summed E-state index contributed by atoms with van der Waals surface area (Å²) in [5, 5.41) is 6.12. The second-order valence-electron chi connectivity index (χ2n) is 3.15. The highest BCUT2D eigenvalue weighted by Gasteiger charge is 2.09. The van der Waals surface area contributed by atoms with E-state index < -0.39 is 5.97 Å². The van der Waals surface area contributed by atoms with Gasteiger partial charge in [0.15, 0.2) is 5.13 Å². The number of benzene rings is 1. The molecule has 2 rings (SSSR count). The van der Waals surface area contributed by atoms with Gasteiger partial charge < -0.3 is 10.1 Å². The van der Waals surface area contributed by atoms with E-state index in [1.165, 1.54) is 18.4 Å². The smallest absolute Gasteiger partial charge is 0.337 e. The monoisotopic (exact) mass is 268 g/mol. The Morgan fingerprint density at radius 3 is 3.00 bits per heavy atom. The van der Waals surface area contributed by atoms with E-state index in [0.29, 0.717) is 21.4 Å². The van der Waals surface area contributed by atoms with Crippen LogP contribution in [0.1, 0.15) is 10.4 Å². The van der Waals surface area contributed by atoms with Crippen LogP contribution in [-0.4, -0.2) is 18.1 Å². The highest BCUT2D eigenvalue weighted by Crippen LogP contribution is 2.27. The summed E-state index contributed by atoms with van der Waals surface area (Å²) in [5.41, 5.74) is 1.07. The van der Waals surface area contributed by atoms with Crippen molar-refractivity contribution in [2.45, 2.75) is 0 Å². The molecule has 88 valence electrons. The van der Waals surface area contributed by atoms with Crippen LogP contribution < -0.4 is 5.32 Å². The lowest BCUT2D eigenvalue weighted by molar-refractivity contribution is 0.0601. The van der Waals surface area contributed by atoms with Crippen LogP contribution >= 0.6 is 22.9 Å². The van der Waals surface area contributed by atoms with Gasteiger partial charge in [0.1, 0.15) is 0 Å². The fraction of sp³-hybridized carbons (Fsp3) is 0.0909. The fourth-order valence-electron chi connectivity index (χ4n) is 1.27. The Balaban J connectivity index is 2.29. The zero-order valence-corrected chi connectivity index (χ0v) is 10.5. The number of esters is 1. The standard InChI is InChI=1S/C11H9ClN2O2S/c1-16-10(15)7-2-3-8(12)9(6-7)14-11-13-4-5-17-11/h2-6H,1H3,(H,13,14). The van der Waals surface area contributed by atoms with Crippen molar-refractivity contribution in [2.75, 3.05) is 12.4 Å². The van der Waals surface area contributed by atoms with Crippen LogP contribution in [-0.2, 0) is 4.74 Å². The number of hydrogen-bond donors (Lipinski definition) is 1. The molecule has 1 heterocycles. The first-order valence-electron chi connectivity index (χ1n) is 4.75. The van der Waals surface area contributed by atoms with Crippen molar-refractivity contribution in [2.24, 2.45) is 0 Å². The van der Waals surface area contributed by atoms with Crippen LogP contribution in [0.4, 0.5) is 10.8 Å². The topological polar surface area (TPSA) is 51.2 Å². The van der Waals surface area contributed by atoms with E-state index in [4.69, 9.17) is 11.6 Å². The molecule has 0 aliphatic rings. The molecule has 6 heteroatoms. The summed E-state index contributed by atoms with van der Waals surface area (Å²) >= 11 is 7.47. The van der Waals surface area contributed by atoms with Gasteiger partial charge in [-0.1, -0.05) is 11.6 Å². The molecule has 0 fully saturated rings. The number of ether oxygens (including phenoxy) is 1. The Morgan fingerprint density at radius 1 is 1.53 bits per heavy atom. The van der Waals surface area contributed by atoms with Crippen molar-refractivity contribution in [1.82, 2.24) is 4.98 Å². The van der Waals surface area contributed by atoms with Crippen molar-refractivity contribution in [3.63, 3.8) is 0 Å². The molecular formula is C11H9ClN2O2S. The number of nitrogens with zero attached hydrogens (tertiary/aromatic N) is 1. The summed E-state index contributed by atoms with van der Waals surface area (Å²) in [6.07, 6.45) is 1.69. The van der Waals surface area contributed by atoms with E-state index in [2.05, 4.69) is 15.0 Å². The molecule has 0 unspecified atom stereocenters. The van der Waals surface area contributed by atoms with Crippen LogP contribution in [0.3, 0.4) is 0 Å². The van der Waals surface area contributed by atoms with Crippen LogP contribution in [0, 0.1) is 0 Å². The second kappa shape index (κ2) is 5.16. The first kappa shape index (κ1) is 11.9. The van der Waals surface area contributed by atoms with Crippen molar-refractivity contribution < 1.29 is 9.53 Å². The maximum absolute atomic E-state index is 11.4. The number of anilines is 2. The van der Waals surface area contributed by atoms with Crippen LogP contribution in [0.5, 0.6) is 0 Å². The lowest BCUT2D eigenvalue weighted by atomic mass is 10.2. The van der Waals surface area contributed by atoms with E-state index in [9.17, 15) is 4.79 Å². The lowest BCUT2D eigenvalue weighted by Gasteiger charge is -2.07. The zero-order chi connectivity index (χ0) is 12.3. The third-order valence-electron chi connectivity index (χ3n) is 2.06. The molecule has 1 N–H and O–H groups in total. The SMILES string of the molecule is COC(=O)c1ccc(Cl)c(Nc2nccs2)c1. The molecule has 0 bridgehead atoms. The highest BCUT2D eigenvalue weighted by molar-refractivity contribution is 7.13. The molecule has 0 saturated heterocycles. The number of hydrogen-bond acceptors (Lipinski definition) is 5. The number of nitrogens with one attached hydrogen (secondary N) is 1. The highest BCUT2D eigenvalue weighted by atomic mass is 35.5. The van der Waals surface area contributed by atoms with Gasteiger partial charge in [-0.15, -0.1) is 11.3 Å². The maximum Gasteiger partial charge on any atom is 0.337 e. The summed E-state index contributed by atoms with van der Waals surface area (Å²) < 4.78 is 4.64. The van der Waals surface area contributed by atoms with E-state index in [-0.39, 0.29) is 0 Å². The summed E-state index contributed by atoms with van der Waals surface area (Å²) in [5.74, 6) is -0.399. The van der Waals surface area contributed by atoms with Gasteiger partial charge in [0.2, 0.25) is 0 Å². The van der Waals surface area contributed by atoms with Crippen LogP contribution in [0.2, 0.25) is 5.02 Å². The molecule has 0 saturated carbocycles. The number of methoxy groups -OCH3 is 1. The first-order chi connectivity index (χ1) is 8.20. The van der Waals surface area contributed by atoms with Gasteiger partial charge in [-0.3, -0.25) is 0 Å². The number of rotatable bonds is 3. The van der Waals surface area contributed by atoms with Gasteiger partial charge in [-0.2, -0.15) is 0 Å². The fourth-order valence-corrected chi connectivity index (χ4v) is 1.97. The quantitative estimate of drug-likeness (QED) is 0.868. The van der Waals surface area contributed by atoms with Crippen molar-refractivity contribution >= 4 is 39.7 Å². The number of thiazole rings is 1. The van der Waals surface area contributed by atoms with Crippen molar-refractivity contribution in [3.05, 3.63) is 40.4 Å². The molecule has 0 radical (unpaired) electrons. The van der Waals surface area contributed by atoms with Crippen molar-refractivity contribution in [3.8, 4) is 0 Å². The molecule has 0 amide bonds. The normalized spacial score (nSPS) is 10.0. The molecule has 17 heavy (non-hydrogen) atoms. The van der Waals surface area contributed by atoms with Gasteiger partial charge in [0.05, 0.1) is 23.4 Å². The maximum atomic E-state index is 11.4. The Morgan fingerprint density at radius 2 is 2.35 bits per heavy atom. The Labute approximate surface area is 107 Å². The largest absolute Gasteiger partial charge is 0.465 e. The Kier molecular flexibility index (Phi) is 3.61. The van der Waals surface area contributed by atoms with Crippen LogP contribution in [0.15, 0.2) is 29.8 Å². The third-order valence-corrected chi connectivity index (χ3v) is 3.08. The van der Waals surface area contributed by atoms with Gasteiger partial charge in [0, 0.05) is 11.6 Å². The number of aromatic nitrogens is 1. The van der Waals surface area contributed by atoms with Gasteiger partial charge in [-0.05, 0) is 18.2 Å². The number of halogens is 1. The molecule has 2 aromatic rings. The van der Waals surface area contributed by atoms with Gasteiger partial charge in [0.25, 0.3) is 0 Å². The summed E-state index contributed by atoms with van der Waals surface area (Å²) in [7, 11) is 1.34. The first-order valence-corrected chi connectivity index (χ1v) is 6.01. The molecule has 1 aromatic heterocycles. The van der Waals surface area contributed by atoms with E-state index >= 15 is 0 Å². The molecule has 0 spiro atoms.